The highest BCUT2D eigenvalue weighted by Crippen LogP contribution is 2.23. The van der Waals surface area contributed by atoms with Gasteiger partial charge in [-0.2, -0.15) is 0 Å². The Morgan fingerprint density at radius 2 is 2.09 bits per heavy atom. The number of fused-ring (bicyclic) bond motifs is 1. The third kappa shape index (κ3) is 3.11. The molecule has 2 aromatic rings. The molecule has 0 atom stereocenters. The molecule has 0 aromatic carbocycles. The highest BCUT2D eigenvalue weighted by atomic mass is 32.1. The van der Waals surface area contributed by atoms with E-state index >= 15 is 0 Å². The van der Waals surface area contributed by atoms with Crippen molar-refractivity contribution in [3.05, 3.63) is 34.4 Å². The predicted octanol–water partition coefficient (Wildman–Crippen LogP) is 1.09. The Morgan fingerprint density at radius 3 is 2.91 bits per heavy atom. The molecule has 0 fully saturated rings. The number of hydrogen-bond donors (Lipinski definition) is 2. The largest absolute Gasteiger partial charge is 0.369 e. The van der Waals surface area contributed by atoms with Gasteiger partial charge in [-0.25, -0.2) is 15.0 Å². The molecule has 3 rings (SSSR count). The summed E-state index contributed by atoms with van der Waals surface area (Å²) >= 11 is 1.26. The number of carbonyl (C=O) groups is 2. The molecule has 3 N–H and O–H groups in total. The van der Waals surface area contributed by atoms with E-state index in [-0.39, 0.29) is 12.3 Å². The fourth-order valence-corrected chi connectivity index (χ4v) is 3.20. The summed E-state index contributed by atoms with van der Waals surface area (Å²) in [7, 11) is 0. The van der Waals surface area contributed by atoms with Crippen molar-refractivity contribution in [3.63, 3.8) is 0 Å². The molecule has 2 heterocycles. The number of rotatable bonds is 4. The van der Waals surface area contributed by atoms with Crippen molar-refractivity contribution in [1.29, 1.82) is 0 Å². The van der Waals surface area contributed by atoms with Crippen LogP contribution in [-0.4, -0.2) is 26.8 Å². The summed E-state index contributed by atoms with van der Waals surface area (Å²) in [5.74, 6) is -0.742. The minimum atomic E-state index is -0.451. The highest BCUT2D eigenvalue weighted by Gasteiger charge is 2.21. The maximum Gasteiger partial charge on any atom is 0.276 e. The summed E-state index contributed by atoms with van der Waals surface area (Å²) in [6, 6.07) is 0. The van der Waals surface area contributed by atoms with Gasteiger partial charge in [-0.15, -0.1) is 11.3 Å². The molecule has 22 heavy (non-hydrogen) atoms. The lowest BCUT2D eigenvalue weighted by molar-refractivity contribution is -0.117. The molecule has 0 spiro atoms. The van der Waals surface area contributed by atoms with Gasteiger partial charge in [0.2, 0.25) is 5.91 Å². The fraction of sp³-hybridized carbons (Fsp3) is 0.357. The Balaban J connectivity index is 1.77. The zero-order valence-electron chi connectivity index (χ0n) is 11.8. The van der Waals surface area contributed by atoms with Crippen LogP contribution in [-0.2, 0) is 24.1 Å². The molecule has 2 amide bonds. The molecule has 8 heteroatoms. The van der Waals surface area contributed by atoms with E-state index in [1.165, 1.54) is 17.7 Å². The van der Waals surface area contributed by atoms with Crippen molar-refractivity contribution in [1.82, 2.24) is 15.0 Å². The van der Waals surface area contributed by atoms with E-state index in [1.807, 2.05) is 0 Å². The average molecular weight is 317 g/mol. The first-order chi connectivity index (χ1) is 10.6. The van der Waals surface area contributed by atoms with Crippen molar-refractivity contribution in [3.8, 4) is 0 Å². The zero-order chi connectivity index (χ0) is 15.5. The lowest BCUT2D eigenvalue weighted by Crippen LogP contribution is -2.20. The van der Waals surface area contributed by atoms with Gasteiger partial charge in [0.05, 0.1) is 12.1 Å². The number of nitrogens with two attached hydrogens (primary N) is 1. The second-order valence-corrected chi connectivity index (χ2v) is 5.95. The molecule has 7 nitrogen and oxygen atoms in total. The number of aromatic nitrogens is 3. The van der Waals surface area contributed by atoms with E-state index in [0.29, 0.717) is 16.5 Å². The molecule has 0 saturated carbocycles. The fourth-order valence-electron chi connectivity index (χ4n) is 2.50. The molecule has 0 bridgehead atoms. The molecular weight excluding hydrogens is 302 g/mol. The number of nitrogens with zero attached hydrogens (tertiary/aromatic N) is 3. The highest BCUT2D eigenvalue weighted by molar-refractivity contribution is 7.14. The molecule has 0 radical (unpaired) electrons. The number of nitrogens with one attached hydrogen (secondary N) is 1. The second-order valence-electron chi connectivity index (χ2n) is 5.10. The monoisotopic (exact) mass is 317 g/mol. The summed E-state index contributed by atoms with van der Waals surface area (Å²) in [6.45, 7) is 0. The third-order valence-electron chi connectivity index (χ3n) is 3.47. The normalized spacial score (nSPS) is 13.5. The summed E-state index contributed by atoms with van der Waals surface area (Å²) in [5.41, 5.74) is 7.98. The van der Waals surface area contributed by atoms with Crippen LogP contribution in [0.25, 0.3) is 0 Å². The van der Waals surface area contributed by atoms with E-state index in [9.17, 15) is 9.59 Å². The smallest absolute Gasteiger partial charge is 0.276 e. The SMILES string of the molecule is NC(=O)Cc1csc(NC(=O)c2ncnc3c2CCCC3)n1. The van der Waals surface area contributed by atoms with Crippen LogP contribution >= 0.6 is 11.3 Å². The van der Waals surface area contributed by atoms with Gasteiger partial charge in [0.1, 0.15) is 12.0 Å². The van der Waals surface area contributed by atoms with Gasteiger partial charge in [-0.05, 0) is 25.7 Å². The summed E-state index contributed by atoms with van der Waals surface area (Å²) in [4.78, 5) is 35.8. The van der Waals surface area contributed by atoms with E-state index in [2.05, 4.69) is 20.3 Å². The maximum absolute atomic E-state index is 12.4. The van der Waals surface area contributed by atoms with Crippen LogP contribution in [0.5, 0.6) is 0 Å². The molecule has 0 unspecified atom stereocenters. The van der Waals surface area contributed by atoms with Crippen molar-refractivity contribution in [2.75, 3.05) is 5.32 Å². The quantitative estimate of drug-likeness (QED) is 0.877. The minimum Gasteiger partial charge on any atom is -0.369 e. The molecule has 2 aromatic heterocycles. The molecule has 1 aliphatic carbocycles. The first kappa shape index (κ1) is 14.6. The number of carbonyl (C=O) groups excluding carboxylic acids is 2. The first-order valence-electron chi connectivity index (χ1n) is 7.00. The molecule has 0 saturated heterocycles. The van der Waals surface area contributed by atoms with Gasteiger partial charge in [0.25, 0.3) is 5.91 Å². The van der Waals surface area contributed by atoms with Crippen molar-refractivity contribution in [2.24, 2.45) is 5.73 Å². The predicted molar refractivity (Wildman–Crippen MR) is 81.6 cm³/mol. The average Bonchev–Trinajstić information content (AvgIpc) is 2.92. The van der Waals surface area contributed by atoms with Crippen LogP contribution in [0, 0.1) is 0 Å². The Bertz CT molecular complexity index is 728. The number of primary amides is 1. The van der Waals surface area contributed by atoms with Gasteiger partial charge in [0, 0.05) is 16.6 Å². The van der Waals surface area contributed by atoms with E-state index in [4.69, 9.17) is 5.73 Å². The second kappa shape index (κ2) is 6.18. The summed E-state index contributed by atoms with van der Waals surface area (Å²) < 4.78 is 0. The third-order valence-corrected chi connectivity index (χ3v) is 4.27. The maximum atomic E-state index is 12.4. The number of aryl methyl sites for hydroxylation is 1. The van der Waals surface area contributed by atoms with Crippen LogP contribution in [0.3, 0.4) is 0 Å². The van der Waals surface area contributed by atoms with Crippen LogP contribution in [0.1, 0.15) is 40.3 Å². The number of anilines is 1. The molecule has 1 aliphatic rings. The summed E-state index contributed by atoms with van der Waals surface area (Å²) in [6.07, 6.45) is 5.34. The lowest BCUT2D eigenvalue weighted by atomic mass is 9.94. The molecule has 0 aliphatic heterocycles. The Kier molecular flexibility index (Phi) is 4.10. The van der Waals surface area contributed by atoms with Crippen molar-refractivity contribution < 1.29 is 9.59 Å². The van der Waals surface area contributed by atoms with Gasteiger partial charge < -0.3 is 5.73 Å². The van der Waals surface area contributed by atoms with Crippen LogP contribution in [0.15, 0.2) is 11.7 Å². The van der Waals surface area contributed by atoms with Crippen LogP contribution in [0.2, 0.25) is 0 Å². The van der Waals surface area contributed by atoms with E-state index < -0.39 is 5.91 Å². The number of hydrogen-bond acceptors (Lipinski definition) is 6. The van der Waals surface area contributed by atoms with Crippen LogP contribution in [0.4, 0.5) is 5.13 Å². The Hall–Kier alpha value is -2.35. The Morgan fingerprint density at radius 1 is 1.27 bits per heavy atom. The zero-order valence-corrected chi connectivity index (χ0v) is 12.7. The molecular formula is C14H15N5O2S. The summed E-state index contributed by atoms with van der Waals surface area (Å²) in [5, 5.41) is 4.87. The van der Waals surface area contributed by atoms with Gasteiger partial charge in [-0.3, -0.25) is 14.9 Å². The topological polar surface area (TPSA) is 111 Å². The Labute approximate surface area is 131 Å². The van der Waals surface area contributed by atoms with E-state index in [0.717, 1.165) is 36.9 Å². The van der Waals surface area contributed by atoms with Crippen LogP contribution < -0.4 is 11.1 Å². The first-order valence-corrected chi connectivity index (χ1v) is 7.88. The molecule has 114 valence electrons. The minimum absolute atomic E-state index is 0.0648. The standard InChI is InChI=1S/C14H15N5O2S/c15-11(20)5-8-6-22-14(18-8)19-13(21)12-9-3-1-2-4-10(9)16-7-17-12/h6-7H,1-5H2,(H2,15,20)(H,18,19,21). The van der Waals surface area contributed by atoms with Gasteiger partial charge in [0.15, 0.2) is 5.13 Å². The number of thiazole rings is 1. The van der Waals surface area contributed by atoms with Gasteiger partial charge >= 0.3 is 0 Å². The van der Waals surface area contributed by atoms with Gasteiger partial charge in [-0.1, -0.05) is 0 Å². The van der Waals surface area contributed by atoms with Crippen molar-refractivity contribution >= 4 is 28.3 Å². The lowest BCUT2D eigenvalue weighted by Gasteiger charge is -2.16. The number of amides is 2. The van der Waals surface area contributed by atoms with Crippen molar-refractivity contribution in [2.45, 2.75) is 32.1 Å². The van der Waals surface area contributed by atoms with E-state index in [1.54, 1.807) is 5.38 Å².